The lowest BCUT2D eigenvalue weighted by Crippen LogP contribution is -2.30. The van der Waals surface area contributed by atoms with E-state index >= 15 is 0 Å². The SMILES string of the molecule is NC[C@@H]1CN(C(=O)c2ccc(N3CCCC3)c([N+](=O)[O-])c2)C[C@H]1c1ccccc1. The van der Waals surface area contributed by atoms with E-state index in [1.54, 1.807) is 17.0 Å². The molecule has 0 bridgehead atoms. The molecule has 2 saturated heterocycles. The van der Waals surface area contributed by atoms with Gasteiger partial charge in [-0.15, -0.1) is 0 Å². The fourth-order valence-electron chi connectivity index (χ4n) is 4.56. The van der Waals surface area contributed by atoms with Crippen molar-refractivity contribution >= 4 is 17.3 Å². The zero-order valence-electron chi connectivity index (χ0n) is 16.4. The van der Waals surface area contributed by atoms with Gasteiger partial charge in [0.2, 0.25) is 0 Å². The summed E-state index contributed by atoms with van der Waals surface area (Å²) in [4.78, 5) is 28.2. The molecule has 7 nitrogen and oxygen atoms in total. The maximum atomic E-state index is 13.1. The fraction of sp³-hybridized carbons (Fsp3) is 0.409. The van der Waals surface area contributed by atoms with E-state index in [9.17, 15) is 14.9 Å². The van der Waals surface area contributed by atoms with Gasteiger partial charge in [-0.1, -0.05) is 30.3 Å². The van der Waals surface area contributed by atoms with Crippen molar-refractivity contribution in [1.82, 2.24) is 4.90 Å². The minimum Gasteiger partial charge on any atom is -0.366 e. The van der Waals surface area contributed by atoms with Crippen LogP contribution in [-0.2, 0) is 0 Å². The van der Waals surface area contributed by atoms with Gasteiger partial charge in [-0.25, -0.2) is 0 Å². The van der Waals surface area contributed by atoms with Gasteiger partial charge in [-0.05, 0) is 43.0 Å². The Hall–Kier alpha value is -2.93. The lowest BCUT2D eigenvalue weighted by atomic mass is 9.89. The molecule has 1 amide bonds. The summed E-state index contributed by atoms with van der Waals surface area (Å²) < 4.78 is 0. The molecule has 2 aliphatic rings. The Kier molecular flexibility index (Phi) is 5.49. The first kappa shape index (κ1) is 19.4. The monoisotopic (exact) mass is 394 g/mol. The van der Waals surface area contributed by atoms with Crippen molar-refractivity contribution in [1.29, 1.82) is 0 Å². The Labute approximate surface area is 170 Å². The highest BCUT2D eigenvalue weighted by molar-refractivity contribution is 5.96. The number of hydrogen-bond acceptors (Lipinski definition) is 5. The third-order valence-corrected chi connectivity index (χ3v) is 6.12. The van der Waals surface area contributed by atoms with Crippen molar-refractivity contribution in [2.24, 2.45) is 11.7 Å². The van der Waals surface area contributed by atoms with E-state index < -0.39 is 0 Å². The number of hydrogen-bond donors (Lipinski definition) is 1. The summed E-state index contributed by atoms with van der Waals surface area (Å²) in [5.74, 6) is 0.196. The number of amides is 1. The highest BCUT2D eigenvalue weighted by atomic mass is 16.6. The number of nitro groups is 1. The van der Waals surface area contributed by atoms with Crippen LogP contribution < -0.4 is 10.6 Å². The fourth-order valence-corrected chi connectivity index (χ4v) is 4.56. The quantitative estimate of drug-likeness (QED) is 0.622. The predicted octanol–water partition coefficient (Wildman–Crippen LogP) is 3.01. The first-order valence-electron chi connectivity index (χ1n) is 10.2. The van der Waals surface area contributed by atoms with E-state index in [1.165, 1.54) is 11.6 Å². The van der Waals surface area contributed by atoms with E-state index in [2.05, 4.69) is 12.1 Å². The van der Waals surface area contributed by atoms with Gasteiger partial charge in [0.25, 0.3) is 11.6 Å². The van der Waals surface area contributed by atoms with Gasteiger partial charge in [-0.3, -0.25) is 14.9 Å². The summed E-state index contributed by atoms with van der Waals surface area (Å²) >= 11 is 0. The summed E-state index contributed by atoms with van der Waals surface area (Å²) in [5.41, 5.74) is 8.13. The van der Waals surface area contributed by atoms with Gasteiger partial charge in [0.05, 0.1) is 4.92 Å². The number of nitrogens with zero attached hydrogens (tertiary/aromatic N) is 3. The standard InChI is InChI=1S/C22H26N4O3/c23-13-18-14-25(15-19(18)16-6-2-1-3-7-16)22(27)17-8-9-20(21(12-17)26(28)29)24-10-4-5-11-24/h1-3,6-9,12,18-19H,4-5,10-11,13-15,23H2/t18-,19+/m1/s1. The van der Waals surface area contributed by atoms with E-state index in [4.69, 9.17) is 5.73 Å². The van der Waals surface area contributed by atoms with Crippen LogP contribution in [-0.4, -0.2) is 48.5 Å². The summed E-state index contributed by atoms with van der Waals surface area (Å²) in [6, 6.07) is 15.0. The number of nitro benzene ring substituents is 1. The molecular weight excluding hydrogens is 368 g/mol. The Morgan fingerprint density at radius 1 is 1.10 bits per heavy atom. The van der Waals surface area contributed by atoms with Crippen molar-refractivity contribution in [3.8, 4) is 0 Å². The lowest BCUT2D eigenvalue weighted by Gasteiger charge is -2.20. The van der Waals surface area contributed by atoms with Crippen molar-refractivity contribution in [3.63, 3.8) is 0 Å². The molecule has 152 valence electrons. The molecule has 2 aromatic carbocycles. The van der Waals surface area contributed by atoms with Gasteiger partial charge in [0.15, 0.2) is 0 Å². The Morgan fingerprint density at radius 3 is 2.48 bits per heavy atom. The van der Waals surface area contributed by atoms with Crippen LogP contribution in [0.1, 0.15) is 34.7 Å². The number of carbonyl (C=O) groups is 1. The molecular formula is C22H26N4O3. The maximum absolute atomic E-state index is 13.1. The lowest BCUT2D eigenvalue weighted by molar-refractivity contribution is -0.384. The predicted molar refractivity (Wildman–Crippen MR) is 112 cm³/mol. The average Bonchev–Trinajstić information content (AvgIpc) is 3.43. The number of likely N-dealkylation sites (tertiary alicyclic amines) is 1. The topological polar surface area (TPSA) is 92.7 Å². The second-order valence-corrected chi connectivity index (χ2v) is 7.88. The van der Waals surface area contributed by atoms with Crippen molar-refractivity contribution in [2.75, 3.05) is 37.6 Å². The summed E-state index contributed by atoms with van der Waals surface area (Å²) in [6.45, 7) is 3.27. The van der Waals surface area contributed by atoms with Crippen molar-refractivity contribution < 1.29 is 9.72 Å². The second kappa shape index (κ2) is 8.21. The van der Waals surface area contributed by atoms with E-state index in [0.29, 0.717) is 30.9 Å². The highest BCUT2D eigenvalue weighted by Gasteiger charge is 2.36. The molecule has 2 aromatic rings. The van der Waals surface area contributed by atoms with E-state index in [1.807, 2.05) is 23.1 Å². The van der Waals surface area contributed by atoms with E-state index in [0.717, 1.165) is 25.9 Å². The van der Waals surface area contributed by atoms with Crippen LogP contribution in [0.25, 0.3) is 0 Å². The van der Waals surface area contributed by atoms with Crippen LogP contribution in [0.15, 0.2) is 48.5 Å². The zero-order valence-corrected chi connectivity index (χ0v) is 16.4. The van der Waals surface area contributed by atoms with Crippen LogP contribution in [0.4, 0.5) is 11.4 Å². The van der Waals surface area contributed by atoms with Gasteiger partial charge in [0.1, 0.15) is 5.69 Å². The molecule has 2 atom stereocenters. The molecule has 0 aliphatic carbocycles. The molecule has 29 heavy (non-hydrogen) atoms. The minimum absolute atomic E-state index is 0.00642. The third-order valence-electron chi connectivity index (χ3n) is 6.12. The first-order valence-corrected chi connectivity index (χ1v) is 10.2. The molecule has 2 fully saturated rings. The zero-order chi connectivity index (χ0) is 20.4. The summed E-state index contributed by atoms with van der Waals surface area (Å²) in [6.07, 6.45) is 2.07. The molecule has 7 heteroatoms. The smallest absolute Gasteiger partial charge is 0.293 e. The molecule has 2 N–H and O–H groups in total. The number of anilines is 1. The second-order valence-electron chi connectivity index (χ2n) is 7.88. The molecule has 0 unspecified atom stereocenters. The summed E-state index contributed by atoms with van der Waals surface area (Å²) in [5, 5.41) is 11.6. The van der Waals surface area contributed by atoms with Crippen LogP contribution >= 0.6 is 0 Å². The number of carbonyl (C=O) groups excluding carboxylic acids is 1. The molecule has 4 rings (SSSR count). The Bertz CT molecular complexity index is 896. The largest absolute Gasteiger partial charge is 0.366 e. The van der Waals surface area contributed by atoms with Gasteiger partial charge in [0, 0.05) is 43.7 Å². The summed E-state index contributed by atoms with van der Waals surface area (Å²) in [7, 11) is 0. The number of benzene rings is 2. The van der Waals surface area contributed by atoms with Gasteiger partial charge < -0.3 is 15.5 Å². The Morgan fingerprint density at radius 2 is 1.83 bits per heavy atom. The van der Waals surface area contributed by atoms with Crippen molar-refractivity contribution in [2.45, 2.75) is 18.8 Å². The van der Waals surface area contributed by atoms with Crippen LogP contribution in [0.2, 0.25) is 0 Å². The van der Waals surface area contributed by atoms with Crippen LogP contribution in [0, 0.1) is 16.0 Å². The van der Waals surface area contributed by atoms with Gasteiger partial charge >= 0.3 is 0 Å². The molecule has 0 saturated carbocycles. The normalized spacial score (nSPS) is 21.6. The molecule has 0 aromatic heterocycles. The van der Waals surface area contributed by atoms with Crippen molar-refractivity contribution in [3.05, 3.63) is 69.8 Å². The molecule has 2 heterocycles. The molecule has 2 aliphatic heterocycles. The Balaban J connectivity index is 1.58. The third kappa shape index (κ3) is 3.82. The highest BCUT2D eigenvalue weighted by Crippen LogP contribution is 2.35. The molecule has 0 radical (unpaired) electrons. The minimum atomic E-state index is -0.385. The van der Waals surface area contributed by atoms with Crippen LogP contribution in [0.5, 0.6) is 0 Å². The average molecular weight is 394 g/mol. The van der Waals surface area contributed by atoms with Gasteiger partial charge in [-0.2, -0.15) is 0 Å². The maximum Gasteiger partial charge on any atom is 0.293 e. The molecule has 0 spiro atoms. The van der Waals surface area contributed by atoms with Crippen LogP contribution in [0.3, 0.4) is 0 Å². The number of nitrogens with two attached hydrogens (primary N) is 1. The first-order chi connectivity index (χ1) is 14.1. The van der Waals surface area contributed by atoms with E-state index in [-0.39, 0.29) is 28.4 Å². The number of rotatable bonds is 5.